The van der Waals surface area contributed by atoms with Crippen LogP contribution in [-0.4, -0.2) is 38.8 Å². The van der Waals surface area contributed by atoms with Gasteiger partial charge in [-0.1, -0.05) is 12.5 Å². The molecule has 1 saturated heterocycles. The van der Waals surface area contributed by atoms with Crippen molar-refractivity contribution in [1.29, 1.82) is 0 Å². The molecule has 3 unspecified atom stereocenters. The third kappa shape index (κ3) is 3.08. The number of hydrogen-bond donors (Lipinski definition) is 0. The fourth-order valence-electron chi connectivity index (χ4n) is 4.87. The lowest BCUT2D eigenvalue weighted by atomic mass is 9.86. The Morgan fingerprint density at radius 2 is 1.85 bits per heavy atom. The molecule has 3 atom stereocenters. The zero-order chi connectivity index (χ0) is 18.1. The van der Waals surface area contributed by atoms with Crippen LogP contribution in [0.3, 0.4) is 0 Å². The van der Waals surface area contributed by atoms with Crippen LogP contribution in [0, 0.1) is 5.92 Å². The summed E-state index contributed by atoms with van der Waals surface area (Å²) in [4.78, 5) is 4.15. The first kappa shape index (κ1) is 17.7. The summed E-state index contributed by atoms with van der Waals surface area (Å²) in [6.45, 7) is 2.17. The Bertz CT molecular complexity index is 721. The van der Waals surface area contributed by atoms with Gasteiger partial charge in [0.15, 0.2) is 11.5 Å². The van der Waals surface area contributed by atoms with E-state index in [2.05, 4.69) is 34.5 Å². The van der Waals surface area contributed by atoms with E-state index in [-0.39, 0.29) is 0 Å². The van der Waals surface area contributed by atoms with Gasteiger partial charge in [0.2, 0.25) is 5.75 Å². The van der Waals surface area contributed by atoms with Crippen molar-refractivity contribution >= 4 is 11.3 Å². The van der Waals surface area contributed by atoms with Gasteiger partial charge in [0.1, 0.15) is 0 Å². The molecule has 0 bridgehead atoms. The van der Waals surface area contributed by atoms with Gasteiger partial charge in [-0.2, -0.15) is 0 Å². The Hall–Kier alpha value is -1.72. The molecule has 1 saturated carbocycles. The smallest absolute Gasteiger partial charge is 0.203 e. The van der Waals surface area contributed by atoms with Crippen LogP contribution in [0.25, 0.3) is 0 Å². The molecule has 1 aliphatic carbocycles. The summed E-state index contributed by atoms with van der Waals surface area (Å²) < 4.78 is 16.7. The van der Waals surface area contributed by atoms with Crippen LogP contribution in [0.1, 0.15) is 35.6 Å². The molecule has 4 nitrogen and oxygen atoms in total. The SMILES string of the molecule is COc1cc(C2CN(Cc3cccs3)C3CCCC23)cc(OC)c1OC. The summed E-state index contributed by atoms with van der Waals surface area (Å²) in [6, 6.07) is 9.40. The first-order chi connectivity index (χ1) is 12.7. The summed E-state index contributed by atoms with van der Waals surface area (Å²) in [5, 5.41) is 2.17. The minimum atomic E-state index is 0.524. The zero-order valence-electron chi connectivity index (χ0n) is 15.7. The number of rotatable bonds is 6. The standard InChI is InChI=1S/C21H27NO3S/c1-23-19-10-14(11-20(24-2)21(19)25-3)17-13-22(12-15-6-5-9-26-15)18-8-4-7-16(17)18/h5-6,9-11,16-18H,4,7-8,12-13H2,1-3H3. The first-order valence-electron chi connectivity index (χ1n) is 9.31. The molecule has 2 fully saturated rings. The highest BCUT2D eigenvalue weighted by Gasteiger charge is 2.45. The molecule has 0 N–H and O–H groups in total. The second kappa shape index (κ2) is 7.49. The predicted molar refractivity (Wildman–Crippen MR) is 105 cm³/mol. The maximum Gasteiger partial charge on any atom is 0.203 e. The lowest BCUT2D eigenvalue weighted by Gasteiger charge is -2.22. The summed E-state index contributed by atoms with van der Waals surface area (Å²) in [5.74, 6) is 3.44. The van der Waals surface area contributed by atoms with Crippen molar-refractivity contribution < 1.29 is 14.2 Å². The highest BCUT2D eigenvalue weighted by atomic mass is 32.1. The van der Waals surface area contributed by atoms with E-state index in [0.717, 1.165) is 30.5 Å². The molecular formula is C21H27NO3S. The first-order valence-corrected chi connectivity index (χ1v) is 10.2. The minimum absolute atomic E-state index is 0.524. The lowest BCUT2D eigenvalue weighted by molar-refractivity contribution is 0.235. The van der Waals surface area contributed by atoms with Crippen molar-refractivity contribution in [3.63, 3.8) is 0 Å². The average molecular weight is 374 g/mol. The lowest BCUT2D eigenvalue weighted by Crippen LogP contribution is -2.29. The Balaban J connectivity index is 1.64. The van der Waals surface area contributed by atoms with Crippen molar-refractivity contribution in [3.05, 3.63) is 40.1 Å². The number of ether oxygens (including phenoxy) is 3. The van der Waals surface area contributed by atoms with Crippen LogP contribution < -0.4 is 14.2 Å². The van der Waals surface area contributed by atoms with E-state index in [1.165, 1.54) is 29.7 Å². The maximum absolute atomic E-state index is 5.59. The van der Waals surface area contributed by atoms with Gasteiger partial charge in [-0.3, -0.25) is 4.90 Å². The van der Waals surface area contributed by atoms with E-state index in [9.17, 15) is 0 Å². The molecule has 2 aliphatic rings. The molecule has 1 aromatic heterocycles. The number of fused-ring (bicyclic) bond motifs is 1. The Kier molecular flexibility index (Phi) is 5.09. The van der Waals surface area contributed by atoms with Crippen molar-refractivity contribution in [2.24, 2.45) is 5.92 Å². The van der Waals surface area contributed by atoms with Crippen LogP contribution in [0.15, 0.2) is 29.6 Å². The highest BCUT2D eigenvalue weighted by molar-refractivity contribution is 7.09. The van der Waals surface area contributed by atoms with E-state index < -0.39 is 0 Å². The van der Waals surface area contributed by atoms with Crippen LogP contribution >= 0.6 is 11.3 Å². The largest absolute Gasteiger partial charge is 0.493 e. The quantitative estimate of drug-likeness (QED) is 0.744. The molecule has 0 amide bonds. The number of likely N-dealkylation sites (tertiary alicyclic amines) is 1. The van der Waals surface area contributed by atoms with E-state index in [4.69, 9.17) is 14.2 Å². The fourth-order valence-corrected chi connectivity index (χ4v) is 5.60. The minimum Gasteiger partial charge on any atom is -0.493 e. The molecule has 1 aromatic carbocycles. The van der Waals surface area contributed by atoms with Gasteiger partial charge in [0.25, 0.3) is 0 Å². The van der Waals surface area contributed by atoms with Crippen LogP contribution in [-0.2, 0) is 6.54 Å². The topological polar surface area (TPSA) is 30.9 Å². The van der Waals surface area contributed by atoms with Gasteiger partial charge in [-0.05, 0) is 47.9 Å². The van der Waals surface area contributed by atoms with Gasteiger partial charge in [-0.15, -0.1) is 11.3 Å². The normalized spacial score (nSPS) is 25.3. The number of benzene rings is 1. The van der Waals surface area contributed by atoms with Crippen LogP contribution in [0.5, 0.6) is 17.2 Å². The van der Waals surface area contributed by atoms with E-state index in [1.807, 2.05) is 11.3 Å². The molecule has 140 valence electrons. The summed E-state index contributed by atoms with van der Waals surface area (Å²) in [6.07, 6.45) is 3.96. The fraction of sp³-hybridized carbons (Fsp3) is 0.524. The van der Waals surface area contributed by atoms with Gasteiger partial charge in [-0.25, -0.2) is 0 Å². The van der Waals surface area contributed by atoms with Crippen LogP contribution in [0.2, 0.25) is 0 Å². The van der Waals surface area contributed by atoms with E-state index in [1.54, 1.807) is 21.3 Å². The molecule has 0 radical (unpaired) electrons. The third-order valence-corrected chi connectivity index (χ3v) is 6.86. The van der Waals surface area contributed by atoms with E-state index >= 15 is 0 Å². The molecule has 4 rings (SSSR count). The van der Waals surface area contributed by atoms with Crippen molar-refractivity contribution in [2.75, 3.05) is 27.9 Å². The number of hydrogen-bond acceptors (Lipinski definition) is 5. The molecule has 2 heterocycles. The molecule has 2 aromatic rings. The van der Waals surface area contributed by atoms with Crippen molar-refractivity contribution in [1.82, 2.24) is 4.90 Å². The van der Waals surface area contributed by atoms with E-state index in [0.29, 0.717) is 17.7 Å². The Labute approximate surface area is 159 Å². The Morgan fingerprint density at radius 3 is 2.46 bits per heavy atom. The Morgan fingerprint density at radius 1 is 1.08 bits per heavy atom. The summed E-state index contributed by atoms with van der Waals surface area (Å²) >= 11 is 1.86. The van der Waals surface area contributed by atoms with Gasteiger partial charge in [0.05, 0.1) is 21.3 Å². The van der Waals surface area contributed by atoms with Gasteiger partial charge >= 0.3 is 0 Å². The molecule has 26 heavy (non-hydrogen) atoms. The maximum atomic E-state index is 5.59. The molecular weight excluding hydrogens is 346 g/mol. The molecule has 5 heteroatoms. The summed E-state index contributed by atoms with van der Waals surface area (Å²) in [7, 11) is 5.04. The van der Waals surface area contributed by atoms with Gasteiger partial charge < -0.3 is 14.2 Å². The van der Waals surface area contributed by atoms with Crippen LogP contribution in [0.4, 0.5) is 0 Å². The number of nitrogens with zero attached hydrogens (tertiary/aromatic N) is 1. The second-order valence-electron chi connectivity index (χ2n) is 7.24. The number of methoxy groups -OCH3 is 3. The zero-order valence-corrected chi connectivity index (χ0v) is 16.6. The molecule has 0 spiro atoms. The van der Waals surface area contributed by atoms with Crippen molar-refractivity contribution in [2.45, 2.75) is 37.8 Å². The number of thiophene rings is 1. The average Bonchev–Trinajstić information content (AvgIpc) is 3.40. The highest BCUT2D eigenvalue weighted by Crippen LogP contribution is 2.49. The summed E-state index contributed by atoms with van der Waals surface area (Å²) in [5.41, 5.74) is 1.31. The second-order valence-corrected chi connectivity index (χ2v) is 8.27. The molecule has 1 aliphatic heterocycles. The predicted octanol–water partition coefficient (Wildman–Crippen LogP) is 4.54. The third-order valence-electron chi connectivity index (χ3n) is 6.00. The van der Waals surface area contributed by atoms with Crippen molar-refractivity contribution in [3.8, 4) is 17.2 Å². The monoisotopic (exact) mass is 373 g/mol. The van der Waals surface area contributed by atoms with Gasteiger partial charge in [0, 0.05) is 29.9 Å².